The van der Waals surface area contributed by atoms with Crippen LogP contribution in [0.4, 0.5) is 0 Å². The third-order valence-corrected chi connectivity index (χ3v) is 9.71. The normalized spacial score (nSPS) is 12.3. The molecule has 1 unspecified atom stereocenters. The van der Waals surface area contributed by atoms with Crippen molar-refractivity contribution in [1.82, 2.24) is 0 Å². The molecule has 0 rings (SSSR count). The fourth-order valence-electron chi connectivity index (χ4n) is 6.64. The van der Waals surface area contributed by atoms with E-state index in [0.29, 0.717) is 32.7 Å². The first-order valence-corrected chi connectivity index (χ1v) is 22.1. The number of unbranched alkanes of at least 4 members (excludes halogenated alkanes) is 26. The number of carbonyl (C=O) groups excluding carboxylic acids is 2. The van der Waals surface area contributed by atoms with Crippen LogP contribution in [0.3, 0.4) is 0 Å². The van der Waals surface area contributed by atoms with Gasteiger partial charge in [0.15, 0.2) is 0 Å². The molecule has 0 radical (unpaired) electrons. The Morgan fingerprint density at radius 2 is 0.745 bits per heavy atom. The van der Waals surface area contributed by atoms with Crippen molar-refractivity contribution in [2.45, 2.75) is 213 Å². The van der Waals surface area contributed by atoms with Crippen LogP contribution in [0.1, 0.15) is 206 Å². The predicted molar refractivity (Wildman–Crippen MR) is 215 cm³/mol. The molecule has 7 heteroatoms. The first-order chi connectivity index (χ1) is 24.8. The Balaban J connectivity index is 3.73. The van der Waals surface area contributed by atoms with Crippen molar-refractivity contribution in [2.75, 3.05) is 60.7 Å². The van der Waals surface area contributed by atoms with Gasteiger partial charge >= 0.3 is 11.9 Å². The maximum atomic E-state index is 12.2. The largest absolute Gasteiger partial charge is 0.463 e. The molecule has 1 atom stereocenters. The third kappa shape index (κ3) is 41.4. The Kier molecular flexibility index (Phi) is 37.6. The third-order valence-electron chi connectivity index (χ3n) is 9.71. The SMILES string of the molecule is CCCCCCCCCCCCCCCCC(=O)OCCOCC(C[N+](C)(C)C)OCCOC(=O)CCCCCCCCCCCCCCCC. The van der Waals surface area contributed by atoms with Crippen molar-refractivity contribution in [3.8, 4) is 0 Å². The summed E-state index contributed by atoms with van der Waals surface area (Å²) in [5, 5.41) is 0. The lowest BCUT2D eigenvalue weighted by Gasteiger charge is -2.29. The van der Waals surface area contributed by atoms with Gasteiger partial charge in [-0.05, 0) is 12.8 Å². The van der Waals surface area contributed by atoms with Gasteiger partial charge in [-0.15, -0.1) is 0 Å². The molecule has 0 spiro atoms. The number of nitrogens with zero attached hydrogens (tertiary/aromatic N) is 1. The summed E-state index contributed by atoms with van der Waals surface area (Å²) in [6.07, 6.45) is 37.4. The smallest absolute Gasteiger partial charge is 0.305 e. The van der Waals surface area contributed by atoms with Crippen LogP contribution in [0.2, 0.25) is 0 Å². The summed E-state index contributed by atoms with van der Waals surface area (Å²) < 4.78 is 23.4. The average molecular weight is 727 g/mol. The van der Waals surface area contributed by atoms with Crippen LogP contribution in [-0.2, 0) is 28.5 Å². The van der Waals surface area contributed by atoms with E-state index in [1.165, 1.54) is 154 Å². The number of ether oxygens (including phenoxy) is 4. The molecular weight excluding hydrogens is 638 g/mol. The van der Waals surface area contributed by atoms with E-state index in [9.17, 15) is 9.59 Å². The van der Waals surface area contributed by atoms with E-state index in [1.807, 2.05) is 0 Å². The minimum Gasteiger partial charge on any atom is -0.463 e. The number of rotatable bonds is 41. The van der Waals surface area contributed by atoms with Crippen LogP contribution < -0.4 is 0 Å². The lowest BCUT2D eigenvalue weighted by Crippen LogP contribution is -2.44. The molecular formula is C44H88NO6+. The monoisotopic (exact) mass is 727 g/mol. The summed E-state index contributed by atoms with van der Waals surface area (Å²) in [7, 11) is 6.35. The summed E-state index contributed by atoms with van der Waals surface area (Å²) in [5.41, 5.74) is 0. The predicted octanol–water partition coefficient (Wildman–Crippen LogP) is 11.9. The molecule has 51 heavy (non-hydrogen) atoms. The van der Waals surface area contributed by atoms with Gasteiger partial charge in [0.2, 0.25) is 0 Å². The molecule has 0 aliphatic heterocycles. The van der Waals surface area contributed by atoms with Gasteiger partial charge in [0, 0.05) is 12.8 Å². The van der Waals surface area contributed by atoms with Gasteiger partial charge in [-0.3, -0.25) is 9.59 Å². The summed E-state index contributed by atoms with van der Waals surface area (Å²) in [6.45, 7) is 6.98. The second kappa shape index (κ2) is 38.5. The second-order valence-corrected chi connectivity index (χ2v) is 16.2. The van der Waals surface area contributed by atoms with Crippen molar-refractivity contribution in [3.05, 3.63) is 0 Å². The average Bonchev–Trinajstić information content (AvgIpc) is 3.09. The highest BCUT2D eigenvalue weighted by Gasteiger charge is 2.19. The van der Waals surface area contributed by atoms with E-state index in [4.69, 9.17) is 18.9 Å². The molecule has 304 valence electrons. The van der Waals surface area contributed by atoms with Gasteiger partial charge in [0.1, 0.15) is 25.9 Å². The molecule has 0 heterocycles. The van der Waals surface area contributed by atoms with Crippen molar-refractivity contribution in [1.29, 1.82) is 0 Å². The van der Waals surface area contributed by atoms with Gasteiger partial charge in [-0.1, -0.05) is 181 Å². The maximum Gasteiger partial charge on any atom is 0.305 e. The number of quaternary nitrogens is 1. The van der Waals surface area contributed by atoms with E-state index >= 15 is 0 Å². The molecule has 0 aliphatic carbocycles. The van der Waals surface area contributed by atoms with Gasteiger partial charge in [-0.2, -0.15) is 0 Å². The lowest BCUT2D eigenvalue weighted by molar-refractivity contribution is -0.873. The lowest BCUT2D eigenvalue weighted by atomic mass is 10.0. The zero-order valence-corrected chi connectivity index (χ0v) is 34.9. The first-order valence-electron chi connectivity index (χ1n) is 22.1. The van der Waals surface area contributed by atoms with Crippen molar-refractivity contribution >= 4 is 11.9 Å². The highest BCUT2D eigenvalue weighted by atomic mass is 16.6. The summed E-state index contributed by atoms with van der Waals surface area (Å²) >= 11 is 0. The minimum absolute atomic E-state index is 0.124. The number of hydrogen-bond donors (Lipinski definition) is 0. The zero-order chi connectivity index (χ0) is 37.5. The maximum absolute atomic E-state index is 12.2. The van der Waals surface area contributed by atoms with Crippen LogP contribution in [0.5, 0.6) is 0 Å². The Bertz CT molecular complexity index is 740. The quantitative estimate of drug-likeness (QED) is 0.0355. The molecule has 0 saturated carbocycles. The molecule has 0 aromatic rings. The minimum atomic E-state index is -0.132. The molecule has 0 saturated heterocycles. The summed E-state index contributed by atoms with van der Waals surface area (Å²) in [4.78, 5) is 24.3. The molecule has 0 aliphatic rings. The Labute approximate surface area is 317 Å². The van der Waals surface area contributed by atoms with Crippen molar-refractivity contribution in [3.63, 3.8) is 0 Å². The number of likely N-dealkylation sites (N-methyl/N-ethyl adjacent to an activating group) is 1. The van der Waals surface area contributed by atoms with Gasteiger partial charge in [0.05, 0.1) is 41.0 Å². The molecule has 0 aromatic carbocycles. The fourth-order valence-corrected chi connectivity index (χ4v) is 6.64. The number of hydrogen-bond acceptors (Lipinski definition) is 6. The topological polar surface area (TPSA) is 71.1 Å². The van der Waals surface area contributed by atoms with Gasteiger partial charge < -0.3 is 23.4 Å². The Morgan fingerprint density at radius 1 is 0.431 bits per heavy atom. The second-order valence-electron chi connectivity index (χ2n) is 16.2. The van der Waals surface area contributed by atoms with Crippen molar-refractivity contribution < 1.29 is 33.0 Å². The van der Waals surface area contributed by atoms with Crippen LogP contribution in [0.15, 0.2) is 0 Å². The molecule has 0 aromatic heterocycles. The van der Waals surface area contributed by atoms with Gasteiger partial charge in [0.25, 0.3) is 0 Å². The Hall–Kier alpha value is -1.18. The molecule has 0 bridgehead atoms. The molecule has 0 N–H and O–H groups in total. The first kappa shape index (κ1) is 49.8. The zero-order valence-electron chi connectivity index (χ0n) is 34.9. The molecule has 7 nitrogen and oxygen atoms in total. The highest BCUT2D eigenvalue weighted by molar-refractivity contribution is 5.69. The van der Waals surface area contributed by atoms with Crippen LogP contribution in [0, 0.1) is 0 Å². The van der Waals surface area contributed by atoms with Crippen LogP contribution in [0.25, 0.3) is 0 Å². The van der Waals surface area contributed by atoms with E-state index in [-0.39, 0.29) is 31.3 Å². The highest BCUT2D eigenvalue weighted by Crippen LogP contribution is 2.15. The molecule has 0 amide bonds. The van der Waals surface area contributed by atoms with Crippen molar-refractivity contribution in [2.24, 2.45) is 0 Å². The summed E-state index contributed by atoms with van der Waals surface area (Å²) in [6, 6.07) is 0. The summed E-state index contributed by atoms with van der Waals surface area (Å²) in [5.74, 6) is -0.263. The number of carbonyl (C=O) groups is 2. The van der Waals surface area contributed by atoms with Crippen LogP contribution >= 0.6 is 0 Å². The molecule has 0 fully saturated rings. The van der Waals surface area contributed by atoms with Gasteiger partial charge in [-0.25, -0.2) is 0 Å². The van der Waals surface area contributed by atoms with E-state index in [0.717, 1.165) is 36.7 Å². The van der Waals surface area contributed by atoms with E-state index in [2.05, 4.69) is 35.0 Å². The number of esters is 2. The Morgan fingerprint density at radius 3 is 1.08 bits per heavy atom. The van der Waals surface area contributed by atoms with E-state index in [1.54, 1.807) is 0 Å². The fraction of sp³-hybridized carbons (Fsp3) is 0.955. The van der Waals surface area contributed by atoms with Crippen LogP contribution in [-0.4, -0.2) is 83.2 Å². The standard InChI is InChI=1S/C44H88NO6/c1-6-8-10-12-14-16-18-20-22-24-26-28-30-32-34-43(46)50-37-36-48-41-42(40-45(3,4)5)49-38-39-51-44(47)35-33-31-29-27-25-23-21-19-17-15-13-11-9-7-2/h42H,6-41H2,1-5H3/q+1. The van der Waals surface area contributed by atoms with E-state index < -0.39 is 0 Å².